The molecule has 0 radical (unpaired) electrons. The summed E-state index contributed by atoms with van der Waals surface area (Å²) in [6, 6.07) is 15.6. The predicted molar refractivity (Wildman–Crippen MR) is 93.7 cm³/mol. The van der Waals surface area contributed by atoms with Crippen LogP contribution < -0.4 is 0 Å². The third-order valence-corrected chi connectivity index (χ3v) is 3.80. The molecule has 0 atom stereocenters. The molecule has 0 aromatic heterocycles. The zero-order valence-corrected chi connectivity index (χ0v) is 14.3. The lowest BCUT2D eigenvalue weighted by Crippen LogP contribution is -2.35. The molecule has 0 saturated heterocycles. The highest BCUT2D eigenvalue weighted by atomic mass is 19.1. The fourth-order valence-electron chi connectivity index (χ4n) is 2.49. The number of rotatable bonds is 8. The molecule has 2 aromatic carbocycles. The number of hydrogen-bond acceptors (Lipinski definition) is 3. The molecule has 0 N–H and O–H groups in total. The van der Waals surface area contributed by atoms with E-state index in [0.717, 1.165) is 5.56 Å². The first-order chi connectivity index (χ1) is 12.1. The average Bonchev–Trinajstić information content (AvgIpc) is 2.63. The zero-order valence-electron chi connectivity index (χ0n) is 14.3. The van der Waals surface area contributed by atoms with Crippen molar-refractivity contribution in [3.63, 3.8) is 0 Å². The summed E-state index contributed by atoms with van der Waals surface area (Å²) in [6.07, 6.45) is 0.715. The highest BCUT2D eigenvalue weighted by Crippen LogP contribution is 2.12. The lowest BCUT2D eigenvalue weighted by Gasteiger charge is -2.23. The first-order valence-corrected chi connectivity index (χ1v) is 8.35. The van der Waals surface area contributed by atoms with Gasteiger partial charge in [0.15, 0.2) is 0 Å². The second-order valence-corrected chi connectivity index (χ2v) is 5.56. The van der Waals surface area contributed by atoms with Gasteiger partial charge in [0.05, 0.1) is 18.6 Å². The van der Waals surface area contributed by atoms with Crippen molar-refractivity contribution in [3.05, 3.63) is 71.5 Å². The predicted octanol–water partition coefficient (Wildman–Crippen LogP) is 3.46. The summed E-state index contributed by atoms with van der Waals surface area (Å²) >= 11 is 0. The molecule has 0 unspecified atom stereocenters. The quantitative estimate of drug-likeness (QED) is 0.690. The van der Waals surface area contributed by atoms with Gasteiger partial charge in [-0.15, -0.1) is 0 Å². The number of amides is 1. The molecular formula is C20H22FNO3. The van der Waals surface area contributed by atoms with Crippen LogP contribution in [0.15, 0.2) is 54.6 Å². The Morgan fingerprint density at radius 3 is 2.36 bits per heavy atom. The monoisotopic (exact) mass is 343 g/mol. The summed E-state index contributed by atoms with van der Waals surface area (Å²) in [5, 5.41) is 0. The highest BCUT2D eigenvalue weighted by molar-refractivity contribution is 5.94. The van der Waals surface area contributed by atoms with E-state index >= 15 is 0 Å². The summed E-state index contributed by atoms with van der Waals surface area (Å²) in [7, 11) is 0. The minimum Gasteiger partial charge on any atom is -0.466 e. The minimum absolute atomic E-state index is 0.0134. The van der Waals surface area contributed by atoms with Gasteiger partial charge in [-0.2, -0.15) is 0 Å². The second-order valence-electron chi connectivity index (χ2n) is 5.56. The van der Waals surface area contributed by atoms with Crippen LogP contribution in [-0.4, -0.2) is 36.5 Å². The maximum atomic E-state index is 13.9. The van der Waals surface area contributed by atoms with E-state index in [-0.39, 0.29) is 24.5 Å². The van der Waals surface area contributed by atoms with Crippen molar-refractivity contribution in [1.82, 2.24) is 4.90 Å². The number of carbonyl (C=O) groups is 2. The molecule has 0 fully saturated rings. The maximum Gasteiger partial charge on any atom is 0.307 e. The molecule has 2 aromatic rings. The Hall–Kier alpha value is -2.69. The lowest BCUT2D eigenvalue weighted by atomic mass is 10.1. The molecule has 1 amide bonds. The summed E-state index contributed by atoms with van der Waals surface area (Å²) in [4.78, 5) is 25.8. The van der Waals surface area contributed by atoms with Crippen LogP contribution in [0.25, 0.3) is 0 Å². The van der Waals surface area contributed by atoms with Crippen molar-refractivity contribution in [2.75, 3.05) is 19.7 Å². The molecule has 0 saturated carbocycles. The average molecular weight is 343 g/mol. The Balaban J connectivity index is 2.09. The van der Waals surface area contributed by atoms with E-state index in [9.17, 15) is 14.0 Å². The Kier molecular flexibility index (Phi) is 7.14. The van der Waals surface area contributed by atoms with Crippen LogP contribution in [0.3, 0.4) is 0 Å². The van der Waals surface area contributed by atoms with E-state index in [1.807, 2.05) is 30.3 Å². The molecular weight excluding hydrogens is 321 g/mol. The first-order valence-electron chi connectivity index (χ1n) is 8.35. The van der Waals surface area contributed by atoms with Gasteiger partial charge < -0.3 is 9.64 Å². The Morgan fingerprint density at radius 1 is 1.00 bits per heavy atom. The van der Waals surface area contributed by atoms with Gasteiger partial charge in [0.2, 0.25) is 0 Å². The highest BCUT2D eigenvalue weighted by Gasteiger charge is 2.20. The van der Waals surface area contributed by atoms with Crippen LogP contribution in [0.4, 0.5) is 4.39 Å². The van der Waals surface area contributed by atoms with Gasteiger partial charge in [-0.25, -0.2) is 4.39 Å². The second kappa shape index (κ2) is 9.57. The minimum atomic E-state index is -0.562. The van der Waals surface area contributed by atoms with Crippen LogP contribution in [0, 0.1) is 5.82 Å². The molecule has 0 heterocycles. The van der Waals surface area contributed by atoms with Crippen LogP contribution in [-0.2, 0) is 16.0 Å². The SMILES string of the molecule is CCOC(=O)CCN(CCc1ccccc1)C(=O)c1ccccc1F. The molecule has 0 aliphatic carbocycles. The van der Waals surface area contributed by atoms with E-state index in [1.54, 1.807) is 19.1 Å². The first kappa shape index (κ1) is 18.6. The van der Waals surface area contributed by atoms with Crippen molar-refractivity contribution in [2.45, 2.75) is 19.8 Å². The molecule has 132 valence electrons. The Labute approximate surface area is 147 Å². The van der Waals surface area contributed by atoms with E-state index in [2.05, 4.69) is 0 Å². The molecule has 4 nitrogen and oxygen atoms in total. The van der Waals surface area contributed by atoms with Gasteiger partial charge in [0.25, 0.3) is 5.91 Å². The van der Waals surface area contributed by atoms with Crippen LogP contribution in [0.2, 0.25) is 0 Å². The van der Waals surface area contributed by atoms with E-state index in [4.69, 9.17) is 4.74 Å². The van der Waals surface area contributed by atoms with Gasteiger partial charge in [-0.05, 0) is 31.0 Å². The zero-order chi connectivity index (χ0) is 18.1. The van der Waals surface area contributed by atoms with Crippen molar-refractivity contribution in [3.8, 4) is 0 Å². The van der Waals surface area contributed by atoms with Crippen LogP contribution >= 0.6 is 0 Å². The van der Waals surface area contributed by atoms with Crippen molar-refractivity contribution in [1.29, 1.82) is 0 Å². The van der Waals surface area contributed by atoms with Crippen molar-refractivity contribution >= 4 is 11.9 Å². The maximum absolute atomic E-state index is 13.9. The normalized spacial score (nSPS) is 10.3. The summed E-state index contributed by atoms with van der Waals surface area (Å²) in [5.41, 5.74) is 1.09. The standard InChI is InChI=1S/C20H22FNO3/c1-2-25-19(23)13-15-22(14-12-16-8-4-3-5-9-16)20(24)17-10-6-7-11-18(17)21/h3-11H,2,12-15H2,1H3. The van der Waals surface area contributed by atoms with E-state index < -0.39 is 11.7 Å². The molecule has 2 rings (SSSR count). The molecule has 25 heavy (non-hydrogen) atoms. The Morgan fingerprint density at radius 2 is 1.68 bits per heavy atom. The van der Waals surface area contributed by atoms with Gasteiger partial charge in [0, 0.05) is 13.1 Å². The fraction of sp³-hybridized carbons (Fsp3) is 0.300. The Bertz CT molecular complexity index is 703. The lowest BCUT2D eigenvalue weighted by molar-refractivity contribution is -0.143. The van der Waals surface area contributed by atoms with Crippen molar-refractivity contribution < 1.29 is 18.7 Å². The van der Waals surface area contributed by atoms with E-state index in [1.165, 1.54) is 17.0 Å². The number of nitrogens with zero attached hydrogens (tertiary/aromatic N) is 1. The van der Waals surface area contributed by atoms with Crippen LogP contribution in [0.1, 0.15) is 29.3 Å². The number of hydrogen-bond donors (Lipinski definition) is 0. The number of esters is 1. The summed E-state index contributed by atoms with van der Waals surface area (Å²) in [6.45, 7) is 2.62. The smallest absolute Gasteiger partial charge is 0.307 e. The van der Waals surface area contributed by atoms with Crippen LogP contribution in [0.5, 0.6) is 0 Å². The van der Waals surface area contributed by atoms with Crippen molar-refractivity contribution in [2.24, 2.45) is 0 Å². The molecule has 0 bridgehead atoms. The number of carbonyl (C=O) groups excluding carboxylic acids is 2. The van der Waals surface area contributed by atoms with Gasteiger partial charge in [-0.1, -0.05) is 42.5 Å². The fourth-order valence-corrected chi connectivity index (χ4v) is 2.49. The topological polar surface area (TPSA) is 46.6 Å². The molecule has 5 heteroatoms. The number of halogens is 1. The third kappa shape index (κ3) is 5.71. The summed E-state index contributed by atoms with van der Waals surface area (Å²) < 4.78 is 18.9. The summed E-state index contributed by atoms with van der Waals surface area (Å²) in [5.74, 6) is -1.35. The van der Waals surface area contributed by atoms with Gasteiger partial charge >= 0.3 is 5.97 Å². The number of ether oxygens (including phenoxy) is 1. The third-order valence-electron chi connectivity index (χ3n) is 3.80. The van der Waals surface area contributed by atoms with Gasteiger partial charge in [0.1, 0.15) is 5.82 Å². The molecule has 0 spiro atoms. The van der Waals surface area contributed by atoms with Gasteiger partial charge in [-0.3, -0.25) is 9.59 Å². The molecule has 0 aliphatic heterocycles. The molecule has 0 aliphatic rings. The largest absolute Gasteiger partial charge is 0.466 e. The number of benzene rings is 2. The van der Waals surface area contributed by atoms with E-state index in [0.29, 0.717) is 19.6 Å².